The highest BCUT2D eigenvalue weighted by atomic mass is 32.2. The van der Waals surface area contributed by atoms with Crippen molar-refractivity contribution in [1.29, 1.82) is 0 Å². The van der Waals surface area contributed by atoms with E-state index < -0.39 is 10.2 Å². The van der Waals surface area contributed by atoms with Crippen molar-refractivity contribution in [1.82, 2.24) is 14.5 Å². The van der Waals surface area contributed by atoms with Crippen LogP contribution in [0.15, 0.2) is 12.1 Å². The first kappa shape index (κ1) is 15.6. The van der Waals surface area contributed by atoms with Gasteiger partial charge >= 0.3 is 10.2 Å². The number of hydrogen-bond donors (Lipinski definition) is 2. The van der Waals surface area contributed by atoms with Gasteiger partial charge in [0.1, 0.15) is 5.82 Å². The molecule has 0 fully saturated rings. The molecule has 8 nitrogen and oxygen atoms in total. The molecule has 9 heteroatoms. The molecular weight excluding hydrogens is 270 g/mol. The standard InChI is InChI=1S/C10H19N5O3S/c1-15(2)19(16,17)14-10-6-5-9(12-13-10)11-7-4-8-18-3/h5-6H,4,7-8H2,1-3H3,(H,11,12)(H,13,14). The molecule has 108 valence electrons. The third-order valence-electron chi connectivity index (χ3n) is 2.21. The second-order valence-corrected chi connectivity index (χ2v) is 5.85. The maximum absolute atomic E-state index is 11.5. The molecule has 1 heterocycles. The summed E-state index contributed by atoms with van der Waals surface area (Å²) in [4.78, 5) is 0. The number of nitrogens with zero attached hydrogens (tertiary/aromatic N) is 3. The Morgan fingerprint density at radius 2 is 1.89 bits per heavy atom. The van der Waals surface area contributed by atoms with E-state index in [-0.39, 0.29) is 5.82 Å². The average molecular weight is 289 g/mol. The van der Waals surface area contributed by atoms with E-state index in [1.54, 1.807) is 19.2 Å². The zero-order valence-electron chi connectivity index (χ0n) is 11.3. The lowest BCUT2D eigenvalue weighted by molar-refractivity contribution is 0.197. The minimum atomic E-state index is -3.54. The van der Waals surface area contributed by atoms with Gasteiger partial charge in [-0.05, 0) is 18.6 Å². The van der Waals surface area contributed by atoms with Gasteiger partial charge in [-0.25, -0.2) is 0 Å². The summed E-state index contributed by atoms with van der Waals surface area (Å²) in [5, 5.41) is 10.7. The fourth-order valence-corrected chi connectivity index (χ4v) is 1.69. The molecule has 0 unspecified atom stereocenters. The number of rotatable bonds is 8. The van der Waals surface area contributed by atoms with Crippen LogP contribution in [-0.2, 0) is 14.9 Å². The van der Waals surface area contributed by atoms with E-state index >= 15 is 0 Å². The van der Waals surface area contributed by atoms with Gasteiger partial charge in [-0.3, -0.25) is 4.72 Å². The second kappa shape index (κ2) is 7.22. The molecule has 1 aromatic heterocycles. The lowest BCUT2D eigenvalue weighted by Crippen LogP contribution is -2.29. The molecule has 0 bridgehead atoms. The summed E-state index contributed by atoms with van der Waals surface area (Å²) in [5.41, 5.74) is 0. The molecular formula is C10H19N5O3S. The summed E-state index contributed by atoms with van der Waals surface area (Å²) >= 11 is 0. The van der Waals surface area contributed by atoms with Gasteiger partial charge in [-0.1, -0.05) is 0 Å². The fraction of sp³-hybridized carbons (Fsp3) is 0.600. The first-order chi connectivity index (χ1) is 8.95. The van der Waals surface area contributed by atoms with Gasteiger partial charge in [-0.15, -0.1) is 10.2 Å². The molecule has 0 saturated carbocycles. The van der Waals surface area contributed by atoms with Gasteiger partial charge in [0, 0.05) is 34.4 Å². The molecule has 1 rings (SSSR count). The van der Waals surface area contributed by atoms with Crippen LogP contribution >= 0.6 is 0 Å². The number of methoxy groups -OCH3 is 1. The van der Waals surface area contributed by atoms with E-state index in [1.165, 1.54) is 14.1 Å². The smallest absolute Gasteiger partial charge is 0.302 e. The van der Waals surface area contributed by atoms with Gasteiger partial charge in [0.15, 0.2) is 5.82 Å². The van der Waals surface area contributed by atoms with E-state index in [4.69, 9.17) is 4.74 Å². The van der Waals surface area contributed by atoms with Crippen LogP contribution in [0.3, 0.4) is 0 Å². The SMILES string of the molecule is COCCCNc1ccc(NS(=O)(=O)N(C)C)nn1. The first-order valence-electron chi connectivity index (χ1n) is 5.72. The van der Waals surface area contributed by atoms with E-state index in [2.05, 4.69) is 20.2 Å². The summed E-state index contributed by atoms with van der Waals surface area (Å²) in [6.45, 7) is 1.38. The van der Waals surface area contributed by atoms with Crippen molar-refractivity contribution in [3.05, 3.63) is 12.1 Å². The quantitative estimate of drug-likeness (QED) is 0.661. The molecule has 2 N–H and O–H groups in total. The van der Waals surface area contributed by atoms with E-state index in [1.807, 2.05) is 0 Å². The highest BCUT2D eigenvalue weighted by Gasteiger charge is 2.13. The van der Waals surface area contributed by atoms with Crippen molar-refractivity contribution in [3.63, 3.8) is 0 Å². The van der Waals surface area contributed by atoms with Crippen molar-refractivity contribution in [2.24, 2.45) is 0 Å². The number of aromatic nitrogens is 2. The Kier molecular flexibility index (Phi) is 5.93. The largest absolute Gasteiger partial charge is 0.385 e. The normalized spacial score (nSPS) is 11.6. The Balaban J connectivity index is 2.52. The number of ether oxygens (including phenoxy) is 1. The highest BCUT2D eigenvalue weighted by molar-refractivity contribution is 7.90. The molecule has 0 spiro atoms. The molecule has 0 aliphatic heterocycles. The van der Waals surface area contributed by atoms with Crippen LogP contribution < -0.4 is 10.0 Å². The van der Waals surface area contributed by atoms with Crippen LogP contribution in [0, 0.1) is 0 Å². The lowest BCUT2D eigenvalue weighted by atomic mass is 10.4. The molecule has 1 aromatic rings. The number of hydrogen-bond acceptors (Lipinski definition) is 6. The van der Waals surface area contributed by atoms with Gasteiger partial charge in [-0.2, -0.15) is 12.7 Å². The van der Waals surface area contributed by atoms with Gasteiger partial charge in [0.2, 0.25) is 0 Å². The molecule has 0 amide bonds. The van der Waals surface area contributed by atoms with Crippen LogP contribution in [-0.4, -0.2) is 57.3 Å². The molecule has 0 aliphatic carbocycles. The number of anilines is 2. The summed E-state index contributed by atoms with van der Waals surface area (Å²) in [6, 6.07) is 3.21. The van der Waals surface area contributed by atoms with Crippen LogP contribution in [0.5, 0.6) is 0 Å². The molecule has 0 atom stereocenters. The molecule has 0 radical (unpaired) electrons. The Hall–Kier alpha value is -1.45. The minimum Gasteiger partial charge on any atom is -0.385 e. The monoisotopic (exact) mass is 289 g/mol. The zero-order valence-corrected chi connectivity index (χ0v) is 12.1. The average Bonchev–Trinajstić information content (AvgIpc) is 2.36. The second-order valence-electron chi connectivity index (χ2n) is 3.97. The van der Waals surface area contributed by atoms with E-state index in [0.717, 1.165) is 10.7 Å². The Morgan fingerprint density at radius 3 is 2.42 bits per heavy atom. The molecule has 19 heavy (non-hydrogen) atoms. The van der Waals surface area contributed by atoms with Crippen molar-refractivity contribution >= 4 is 21.8 Å². The molecule has 0 aromatic carbocycles. The van der Waals surface area contributed by atoms with Crippen LogP contribution in [0.4, 0.5) is 11.6 Å². The Morgan fingerprint density at radius 1 is 1.26 bits per heavy atom. The van der Waals surface area contributed by atoms with Crippen LogP contribution in [0.25, 0.3) is 0 Å². The fourth-order valence-electron chi connectivity index (χ4n) is 1.14. The van der Waals surface area contributed by atoms with Gasteiger partial charge < -0.3 is 10.1 Å². The van der Waals surface area contributed by atoms with Crippen LogP contribution in [0.1, 0.15) is 6.42 Å². The van der Waals surface area contributed by atoms with Crippen molar-refractivity contribution in [2.45, 2.75) is 6.42 Å². The number of nitrogens with one attached hydrogen (secondary N) is 2. The summed E-state index contributed by atoms with van der Waals surface area (Å²) < 4.78 is 31.4. The van der Waals surface area contributed by atoms with Gasteiger partial charge in [0.05, 0.1) is 0 Å². The van der Waals surface area contributed by atoms with Crippen molar-refractivity contribution < 1.29 is 13.2 Å². The summed E-state index contributed by atoms with van der Waals surface area (Å²) in [6.07, 6.45) is 0.854. The van der Waals surface area contributed by atoms with E-state index in [9.17, 15) is 8.42 Å². The maximum Gasteiger partial charge on any atom is 0.302 e. The van der Waals surface area contributed by atoms with E-state index in [0.29, 0.717) is 19.0 Å². The summed E-state index contributed by atoms with van der Waals surface area (Å²) in [5.74, 6) is 0.764. The maximum atomic E-state index is 11.5. The third-order valence-corrected chi connectivity index (χ3v) is 3.64. The first-order valence-corrected chi connectivity index (χ1v) is 7.16. The molecule has 0 aliphatic rings. The van der Waals surface area contributed by atoms with Crippen LogP contribution in [0.2, 0.25) is 0 Å². The predicted octanol–water partition coefficient (Wildman–Crippen LogP) is 0.143. The topological polar surface area (TPSA) is 96.5 Å². The van der Waals surface area contributed by atoms with Crippen molar-refractivity contribution in [2.75, 3.05) is 44.4 Å². The van der Waals surface area contributed by atoms with Crippen molar-refractivity contribution in [3.8, 4) is 0 Å². The molecule has 0 saturated heterocycles. The zero-order chi connectivity index (χ0) is 14.3. The lowest BCUT2D eigenvalue weighted by Gasteiger charge is -2.12. The Bertz CT molecular complexity index is 474. The summed E-state index contributed by atoms with van der Waals surface area (Å²) in [7, 11) is 0.964. The third kappa shape index (κ3) is 5.37. The minimum absolute atomic E-state index is 0.177. The van der Waals surface area contributed by atoms with Gasteiger partial charge in [0.25, 0.3) is 0 Å². The predicted molar refractivity (Wildman–Crippen MR) is 73.2 cm³/mol. The Labute approximate surface area is 113 Å². The highest BCUT2D eigenvalue weighted by Crippen LogP contribution is 2.08.